The van der Waals surface area contributed by atoms with Crippen LogP contribution in [0.5, 0.6) is 0 Å². The monoisotopic (exact) mass is 194 g/mol. The summed E-state index contributed by atoms with van der Waals surface area (Å²) in [4.78, 5) is 0. The molecule has 1 aromatic rings. The van der Waals surface area contributed by atoms with Gasteiger partial charge in [-0.2, -0.15) is 0 Å². The van der Waals surface area contributed by atoms with Crippen LogP contribution in [0.25, 0.3) is 0 Å². The summed E-state index contributed by atoms with van der Waals surface area (Å²) in [5.74, 6) is 3.27. The van der Waals surface area contributed by atoms with Gasteiger partial charge in [-0.15, -0.1) is 8.19 Å². The van der Waals surface area contributed by atoms with E-state index in [4.69, 9.17) is 0 Å². The highest BCUT2D eigenvalue weighted by atomic mass is 31.0. The molecule has 2 rings (SSSR count). The second-order valence-electron chi connectivity index (χ2n) is 4.17. The number of hydrogen-bond acceptors (Lipinski definition) is 0. The van der Waals surface area contributed by atoms with E-state index in [2.05, 4.69) is 17.9 Å². The van der Waals surface area contributed by atoms with Gasteiger partial charge in [-0.05, 0) is 29.9 Å². The van der Waals surface area contributed by atoms with Crippen molar-refractivity contribution in [3.63, 3.8) is 0 Å². The topological polar surface area (TPSA) is 0 Å². The van der Waals surface area contributed by atoms with Crippen LogP contribution in [-0.2, 0) is 0 Å². The van der Waals surface area contributed by atoms with Crippen molar-refractivity contribution in [2.75, 3.05) is 0 Å². The minimum absolute atomic E-state index is 0.939. The maximum atomic E-state index is 2.37. The van der Waals surface area contributed by atoms with Gasteiger partial charge >= 0.3 is 0 Å². The summed E-state index contributed by atoms with van der Waals surface area (Å²) in [6, 6.07) is 4.61. The first-order valence-electron chi connectivity index (χ1n) is 5.60. The lowest BCUT2D eigenvalue weighted by Crippen LogP contribution is -1.99. The van der Waals surface area contributed by atoms with Crippen molar-refractivity contribution in [3.05, 3.63) is 23.2 Å². The molecule has 1 aliphatic rings. The zero-order valence-electron chi connectivity index (χ0n) is 8.26. The molecule has 0 N–H and O–H groups in total. The van der Waals surface area contributed by atoms with Crippen LogP contribution in [0.1, 0.15) is 56.2 Å². The Kier molecular flexibility index (Phi) is 3.49. The van der Waals surface area contributed by atoms with Gasteiger partial charge in [0.1, 0.15) is 0 Å². The molecular weight excluding hydrogens is 175 g/mol. The Morgan fingerprint density at radius 2 is 1.69 bits per heavy atom. The van der Waals surface area contributed by atoms with Crippen LogP contribution < -0.4 is 0 Å². The quantitative estimate of drug-likeness (QED) is 0.615. The molecule has 0 nitrogen and oxygen atoms in total. The lowest BCUT2D eigenvalue weighted by Gasteiger charge is -2.18. The molecular formula is C12H19P. The van der Waals surface area contributed by atoms with Crippen LogP contribution in [0.15, 0.2) is 17.9 Å². The van der Waals surface area contributed by atoms with Crippen molar-refractivity contribution in [1.82, 2.24) is 0 Å². The molecule has 0 aromatic carbocycles. The predicted molar refractivity (Wildman–Crippen MR) is 61.0 cm³/mol. The average Bonchev–Trinajstić information content (AvgIpc) is 2.55. The molecule has 1 aromatic heterocycles. The molecule has 0 amide bonds. The second-order valence-corrected chi connectivity index (χ2v) is 5.37. The molecule has 1 aliphatic carbocycles. The summed E-state index contributed by atoms with van der Waals surface area (Å²) in [5, 5.41) is 1.74. The first kappa shape index (κ1) is 9.34. The van der Waals surface area contributed by atoms with Crippen LogP contribution in [-0.4, -0.2) is 0 Å². The van der Waals surface area contributed by atoms with Crippen molar-refractivity contribution in [1.29, 1.82) is 0 Å². The molecule has 1 heteroatoms. The molecule has 1 saturated carbocycles. The zero-order valence-corrected chi connectivity index (χ0v) is 9.26. The van der Waals surface area contributed by atoms with E-state index in [0.717, 1.165) is 14.1 Å². The molecule has 1 atom stereocenters. The summed E-state index contributed by atoms with van der Waals surface area (Å²) in [6.07, 6.45) is 10.3. The maximum Gasteiger partial charge on any atom is -0.0127 e. The van der Waals surface area contributed by atoms with Crippen LogP contribution >= 0.6 is 8.19 Å². The molecule has 0 aliphatic heterocycles. The van der Waals surface area contributed by atoms with Crippen LogP contribution in [0.4, 0.5) is 0 Å². The first-order chi connectivity index (χ1) is 6.47. The summed E-state index contributed by atoms with van der Waals surface area (Å²) in [6.45, 7) is 0. The minimum atomic E-state index is 0.939. The highest BCUT2D eigenvalue weighted by molar-refractivity contribution is 7.30. The number of rotatable bonds is 1. The van der Waals surface area contributed by atoms with Crippen molar-refractivity contribution in [2.24, 2.45) is 0 Å². The van der Waals surface area contributed by atoms with E-state index in [9.17, 15) is 0 Å². The summed E-state index contributed by atoms with van der Waals surface area (Å²) < 4.78 is 0. The van der Waals surface area contributed by atoms with Gasteiger partial charge in [0.2, 0.25) is 0 Å². The van der Waals surface area contributed by atoms with Gasteiger partial charge in [-0.1, -0.05) is 44.2 Å². The Balaban J connectivity index is 1.96. The van der Waals surface area contributed by atoms with Gasteiger partial charge in [0.15, 0.2) is 0 Å². The molecule has 0 saturated heterocycles. The van der Waals surface area contributed by atoms with E-state index in [1.165, 1.54) is 44.9 Å². The molecule has 13 heavy (non-hydrogen) atoms. The predicted octanol–water partition coefficient (Wildman–Crippen LogP) is 4.55. The fourth-order valence-electron chi connectivity index (χ4n) is 2.37. The SMILES string of the molecule is c1c[pH]c(C2CCCCCCC2)c1. The van der Waals surface area contributed by atoms with Crippen molar-refractivity contribution in [3.8, 4) is 0 Å². The normalized spacial score (nSPS) is 21.5. The Labute approximate surface area is 82.8 Å². The Morgan fingerprint density at radius 1 is 1.00 bits per heavy atom. The van der Waals surface area contributed by atoms with E-state index in [1.54, 1.807) is 5.30 Å². The van der Waals surface area contributed by atoms with Crippen LogP contribution in [0, 0.1) is 0 Å². The average molecular weight is 194 g/mol. The van der Waals surface area contributed by atoms with E-state index in [1.807, 2.05) is 0 Å². The smallest absolute Gasteiger partial charge is 0.0127 e. The maximum absolute atomic E-state index is 2.37. The van der Waals surface area contributed by atoms with Gasteiger partial charge in [-0.3, -0.25) is 0 Å². The highest BCUT2D eigenvalue weighted by Gasteiger charge is 2.12. The largest absolute Gasteiger partial charge is 0.136 e. The van der Waals surface area contributed by atoms with Gasteiger partial charge in [0.05, 0.1) is 0 Å². The molecule has 1 fully saturated rings. The third kappa shape index (κ3) is 2.61. The highest BCUT2D eigenvalue weighted by Crippen LogP contribution is 2.35. The van der Waals surface area contributed by atoms with Crippen LogP contribution in [0.2, 0.25) is 0 Å². The Bertz CT molecular complexity index is 217. The second kappa shape index (κ2) is 4.86. The third-order valence-electron chi connectivity index (χ3n) is 3.17. The van der Waals surface area contributed by atoms with Gasteiger partial charge in [-0.25, -0.2) is 0 Å². The van der Waals surface area contributed by atoms with Crippen LogP contribution in [0.3, 0.4) is 0 Å². The van der Waals surface area contributed by atoms with Crippen molar-refractivity contribution < 1.29 is 0 Å². The van der Waals surface area contributed by atoms with E-state index in [-0.39, 0.29) is 0 Å². The first-order valence-corrected chi connectivity index (χ1v) is 6.68. The fraction of sp³-hybridized carbons (Fsp3) is 0.667. The summed E-state index contributed by atoms with van der Waals surface area (Å²) >= 11 is 0. The molecule has 0 spiro atoms. The lowest BCUT2D eigenvalue weighted by molar-refractivity contribution is 0.460. The molecule has 1 unspecified atom stereocenters. The van der Waals surface area contributed by atoms with Gasteiger partial charge < -0.3 is 0 Å². The molecule has 72 valence electrons. The Morgan fingerprint density at radius 3 is 2.31 bits per heavy atom. The zero-order chi connectivity index (χ0) is 8.93. The summed E-state index contributed by atoms with van der Waals surface area (Å²) in [7, 11) is 1.01. The van der Waals surface area contributed by atoms with Gasteiger partial charge in [0.25, 0.3) is 0 Å². The van der Waals surface area contributed by atoms with E-state index < -0.39 is 0 Å². The molecule has 0 radical (unpaired) electrons. The van der Waals surface area contributed by atoms with E-state index in [0.29, 0.717) is 0 Å². The third-order valence-corrected chi connectivity index (χ3v) is 4.43. The number of hydrogen-bond donors (Lipinski definition) is 0. The van der Waals surface area contributed by atoms with Gasteiger partial charge in [0, 0.05) is 0 Å². The molecule has 1 heterocycles. The van der Waals surface area contributed by atoms with E-state index >= 15 is 0 Å². The minimum Gasteiger partial charge on any atom is -0.136 e. The summed E-state index contributed by atoms with van der Waals surface area (Å²) in [5.41, 5.74) is 0. The Hall–Kier alpha value is -0.220. The molecule has 0 bridgehead atoms. The van der Waals surface area contributed by atoms with Crippen molar-refractivity contribution >= 4 is 8.19 Å². The fourth-order valence-corrected chi connectivity index (χ4v) is 3.47. The van der Waals surface area contributed by atoms with Crippen molar-refractivity contribution in [2.45, 2.75) is 50.9 Å². The standard InChI is InChI=1S/C12H19P/c1-2-4-7-11(8-5-3-1)12-9-6-10-13-12/h6,9-11,13H,1-5,7-8H2. The lowest BCUT2D eigenvalue weighted by atomic mass is 9.90.